The Morgan fingerprint density at radius 3 is 2.09 bits per heavy atom. The van der Waals surface area contributed by atoms with Gasteiger partial charge in [0.05, 0.1) is 0 Å². The van der Waals surface area contributed by atoms with Gasteiger partial charge < -0.3 is 4.53 Å². The van der Waals surface area contributed by atoms with Crippen molar-refractivity contribution in [2.45, 2.75) is 33.5 Å². The molecule has 4 heteroatoms. The lowest BCUT2D eigenvalue weighted by Crippen LogP contribution is -2.38. The Morgan fingerprint density at radius 1 is 1.36 bits per heavy atom. The summed E-state index contributed by atoms with van der Waals surface area (Å²) in [5.41, 5.74) is 2.44. The number of hydroxylamine groups is 1. The van der Waals surface area contributed by atoms with Crippen molar-refractivity contribution in [1.82, 2.24) is 5.48 Å². The molecule has 66 valence electrons. The first-order valence-electron chi connectivity index (χ1n) is 3.81. The number of rotatable bonds is 3. The molecular formula is C7H17NO2Si. The quantitative estimate of drug-likeness (QED) is 0.522. The summed E-state index contributed by atoms with van der Waals surface area (Å²) in [6.07, 6.45) is 0. The van der Waals surface area contributed by atoms with E-state index in [0.29, 0.717) is 0 Å². The van der Waals surface area contributed by atoms with Gasteiger partial charge in [0.1, 0.15) is 0 Å². The molecule has 1 amide bonds. The van der Waals surface area contributed by atoms with Crippen molar-refractivity contribution in [3.05, 3.63) is 0 Å². The van der Waals surface area contributed by atoms with Crippen LogP contribution < -0.4 is 5.48 Å². The van der Waals surface area contributed by atoms with Crippen molar-refractivity contribution in [3.63, 3.8) is 0 Å². The van der Waals surface area contributed by atoms with Gasteiger partial charge in [-0.1, -0.05) is 13.8 Å². The van der Waals surface area contributed by atoms with E-state index in [0.717, 1.165) is 0 Å². The zero-order valence-corrected chi connectivity index (χ0v) is 8.89. The SMILES string of the molecule is CC(C)C(=O)NO[Si](C)(C)C. The van der Waals surface area contributed by atoms with Gasteiger partial charge >= 0.3 is 0 Å². The zero-order chi connectivity index (χ0) is 9.07. The fourth-order valence-electron chi connectivity index (χ4n) is 0.321. The van der Waals surface area contributed by atoms with Gasteiger partial charge in [-0.3, -0.25) is 4.79 Å². The van der Waals surface area contributed by atoms with Crippen LogP contribution in [0.5, 0.6) is 0 Å². The Morgan fingerprint density at radius 2 is 1.82 bits per heavy atom. The molecule has 0 aromatic carbocycles. The monoisotopic (exact) mass is 175 g/mol. The molecule has 0 aliphatic heterocycles. The van der Waals surface area contributed by atoms with Crippen molar-refractivity contribution in [3.8, 4) is 0 Å². The lowest BCUT2D eigenvalue weighted by molar-refractivity contribution is -0.131. The van der Waals surface area contributed by atoms with E-state index < -0.39 is 8.32 Å². The molecule has 0 fully saturated rings. The summed E-state index contributed by atoms with van der Waals surface area (Å²) in [4.78, 5) is 11.0. The smallest absolute Gasteiger partial charge is 0.245 e. The third-order valence-electron chi connectivity index (χ3n) is 0.982. The van der Waals surface area contributed by atoms with Gasteiger partial charge in [-0.05, 0) is 19.6 Å². The molecule has 0 aliphatic carbocycles. The number of amides is 1. The standard InChI is InChI=1S/C7H17NO2Si/c1-6(2)7(9)8-10-11(3,4)5/h6H,1-5H3,(H,8,9). The molecule has 0 bridgehead atoms. The molecule has 0 atom stereocenters. The normalized spacial score (nSPS) is 11.8. The van der Waals surface area contributed by atoms with E-state index in [1.54, 1.807) is 0 Å². The molecule has 0 saturated carbocycles. The highest BCUT2D eigenvalue weighted by Gasteiger charge is 2.17. The van der Waals surface area contributed by atoms with Gasteiger partial charge in [-0.25, -0.2) is 5.48 Å². The van der Waals surface area contributed by atoms with Crippen LogP contribution in [0.1, 0.15) is 13.8 Å². The van der Waals surface area contributed by atoms with Crippen molar-refractivity contribution in [2.75, 3.05) is 0 Å². The largest absolute Gasteiger partial charge is 0.320 e. The average molecular weight is 175 g/mol. The van der Waals surface area contributed by atoms with Crippen LogP contribution in [0.2, 0.25) is 19.6 Å². The number of hydrogen-bond acceptors (Lipinski definition) is 2. The second kappa shape index (κ2) is 3.87. The number of carbonyl (C=O) groups excluding carboxylic acids is 1. The molecule has 0 heterocycles. The molecule has 0 spiro atoms. The van der Waals surface area contributed by atoms with Gasteiger partial charge in [0, 0.05) is 5.92 Å². The molecule has 0 radical (unpaired) electrons. The van der Waals surface area contributed by atoms with E-state index >= 15 is 0 Å². The van der Waals surface area contributed by atoms with Crippen molar-refractivity contribution in [2.24, 2.45) is 5.92 Å². The molecule has 0 unspecified atom stereocenters. The molecule has 0 aliphatic rings. The minimum absolute atomic E-state index is 0.00801. The third-order valence-corrected chi connectivity index (χ3v) is 1.70. The Hall–Kier alpha value is -0.353. The lowest BCUT2D eigenvalue weighted by Gasteiger charge is -2.17. The molecule has 3 nitrogen and oxygen atoms in total. The van der Waals surface area contributed by atoms with Gasteiger partial charge in [0.2, 0.25) is 14.2 Å². The molecule has 0 aromatic heterocycles. The van der Waals surface area contributed by atoms with Crippen molar-refractivity contribution in [1.29, 1.82) is 0 Å². The molecule has 0 aromatic rings. The van der Waals surface area contributed by atoms with Crippen LogP contribution in [-0.2, 0) is 9.32 Å². The first-order valence-corrected chi connectivity index (χ1v) is 7.21. The predicted molar refractivity (Wildman–Crippen MR) is 47.4 cm³/mol. The summed E-state index contributed by atoms with van der Waals surface area (Å²) in [6, 6.07) is 0. The van der Waals surface area contributed by atoms with Gasteiger partial charge in [-0.15, -0.1) is 0 Å². The zero-order valence-electron chi connectivity index (χ0n) is 7.89. The second-order valence-corrected chi connectivity index (χ2v) is 8.26. The van der Waals surface area contributed by atoms with Crippen LogP contribution in [0.25, 0.3) is 0 Å². The Kier molecular flexibility index (Phi) is 3.75. The molecule has 0 saturated heterocycles. The van der Waals surface area contributed by atoms with Crippen LogP contribution >= 0.6 is 0 Å². The predicted octanol–water partition coefficient (Wildman–Crippen LogP) is 1.53. The van der Waals surface area contributed by atoms with E-state index in [1.807, 2.05) is 33.5 Å². The van der Waals surface area contributed by atoms with Crippen LogP contribution in [0, 0.1) is 5.92 Å². The fraction of sp³-hybridized carbons (Fsp3) is 0.857. The first kappa shape index (κ1) is 10.6. The summed E-state index contributed by atoms with van der Waals surface area (Å²) in [5, 5.41) is 0. The number of nitrogens with one attached hydrogen (secondary N) is 1. The highest BCUT2D eigenvalue weighted by atomic mass is 28.4. The maximum atomic E-state index is 11.0. The minimum Gasteiger partial charge on any atom is -0.320 e. The molecule has 11 heavy (non-hydrogen) atoms. The Balaban J connectivity index is 3.64. The maximum absolute atomic E-state index is 11.0. The molecular weight excluding hydrogens is 158 g/mol. The van der Waals surface area contributed by atoms with E-state index in [-0.39, 0.29) is 11.8 Å². The van der Waals surface area contributed by atoms with E-state index in [1.165, 1.54) is 0 Å². The van der Waals surface area contributed by atoms with Gasteiger partial charge in [0.15, 0.2) is 0 Å². The highest BCUT2D eigenvalue weighted by Crippen LogP contribution is 2.00. The first-order chi connectivity index (χ1) is 4.83. The number of carbonyl (C=O) groups is 1. The van der Waals surface area contributed by atoms with Crippen LogP contribution in [-0.4, -0.2) is 14.2 Å². The lowest BCUT2D eigenvalue weighted by atomic mass is 10.2. The fourth-order valence-corrected chi connectivity index (χ4v) is 0.728. The van der Waals surface area contributed by atoms with Gasteiger partial charge in [-0.2, -0.15) is 0 Å². The van der Waals surface area contributed by atoms with Crippen LogP contribution in [0.15, 0.2) is 0 Å². The number of hydrogen-bond donors (Lipinski definition) is 1. The summed E-state index contributed by atoms with van der Waals surface area (Å²) < 4.78 is 5.19. The summed E-state index contributed by atoms with van der Waals surface area (Å²) in [6.45, 7) is 9.74. The van der Waals surface area contributed by atoms with Crippen LogP contribution in [0.4, 0.5) is 0 Å². The van der Waals surface area contributed by atoms with E-state index in [4.69, 9.17) is 4.53 Å². The van der Waals surface area contributed by atoms with Crippen molar-refractivity contribution >= 4 is 14.2 Å². The van der Waals surface area contributed by atoms with Crippen LogP contribution in [0.3, 0.4) is 0 Å². The summed E-state index contributed by atoms with van der Waals surface area (Å²) >= 11 is 0. The average Bonchev–Trinajstić information content (AvgIpc) is 1.80. The topological polar surface area (TPSA) is 38.3 Å². The maximum Gasteiger partial charge on any atom is 0.245 e. The summed E-state index contributed by atoms with van der Waals surface area (Å²) in [7, 11) is -1.60. The minimum atomic E-state index is -1.60. The van der Waals surface area contributed by atoms with E-state index in [2.05, 4.69) is 5.48 Å². The van der Waals surface area contributed by atoms with E-state index in [9.17, 15) is 4.79 Å². The van der Waals surface area contributed by atoms with Crippen molar-refractivity contribution < 1.29 is 9.32 Å². The molecule has 0 rings (SSSR count). The third kappa shape index (κ3) is 6.06. The second-order valence-electron chi connectivity index (χ2n) is 3.84. The Labute approximate surface area is 69.2 Å². The summed E-state index contributed by atoms with van der Waals surface area (Å²) in [5.74, 6) is -0.0567. The van der Waals surface area contributed by atoms with Gasteiger partial charge in [0.25, 0.3) is 0 Å². The highest BCUT2D eigenvalue weighted by molar-refractivity contribution is 6.69. The molecule has 1 N–H and O–H groups in total. The Bertz CT molecular complexity index is 140.